The summed E-state index contributed by atoms with van der Waals surface area (Å²) in [5.74, 6) is 1.44. The van der Waals surface area contributed by atoms with Crippen LogP contribution < -0.4 is 0 Å². The number of furan rings is 2. The predicted molar refractivity (Wildman–Crippen MR) is 572 cm³/mol. The average Bonchev–Trinajstić information content (AvgIpc) is 1.50. The van der Waals surface area contributed by atoms with E-state index in [0.717, 1.165) is 200 Å². The van der Waals surface area contributed by atoms with Crippen LogP contribution in [-0.4, -0.2) is 29.9 Å². The summed E-state index contributed by atoms with van der Waals surface area (Å²) >= 11 is 1.85. The number of thiophene rings is 1. The Morgan fingerprint density at radius 3 is 1.26 bits per heavy atom. The minimum Gasteiger partial charge on any atom is -0.456 e. The molecule has 0 bridgehead atoms. The van der Waals surface area contributed by atoms with Gasteiger partial charge in [0.15, 0.2) is 11.6 Å². The number of para-hydroxylation sites is 3. The van der Waals surface area contributed by atoms with Gasteiger partial charge < -0.3 is 8.83 Å². The highest BCUT2D eigenvalue weighted by molar-refractivity contribution is 7.26. The van der Waals surface area contributed by atoms with Crippen molar-refractivity contribution >= 4 is 130 Å². The molecule has 7 heterocycles. The number of pyridine rings is 2. The smallest absolute Gasteiger partial charge is 0.160 e. The molecule has 20 aromatic carbocycles. The van der Waals surface area contributed by atoms with Crippen LogP contribution >= 0.6 is 11.3 Å². The van der Waals surface area contributed by atoms with Crippen LogP contribution in [-0.2, 0) is 0 Å². The van der Waals surface area contributed by atoms with E-state index in [-0.39, 0.29) is 0 Å². The quantitative estimate of drug-likeness (QED) is 0.105. The minimum absolute atomic E-state index is 0.708. The highest BCUT2D eigenvalue weighted by atomic mass is 32.1. The van der Waals surface area contributed by atoms with Gasteiger partial charge in [-0.3, -0.25) is 4.98 Å². The van der Waals surface area contributed by atoms with Crippen molar-refractivity contribution in [2.75, 3.05) is 0 Å². The topological polar surface area (TPSA) is 104 Å². The van der Waals surface area contributed by atoms with Crippen LogP contribution in [0.25, 0.3) is 264 Å². The van der Waals surface area contributed by atoms with Crippen LogP contribution in [0.5, 0.6) is 0 Å². The lowest BCUT2D eigenvalue weighted by molar-refractivity contribution is 0.668. The second kappa shape index (κ2) is 34.9. The molecular formula is C128H80N6O2S. The number of hydrogen-bond acceptors (Lipinski definition) is 9. The standard InChI is InChI=1S/C45H27NO2.C43H27N3S.C40H26N2/c1-2-14-35-32(9-1)27-40(33-12-7-10-28(23-33)30-19-21-43-38(25-30)36-15-3-5-17-41(36)47-43)46-45(35)34-13-8-11-29(24-34)31-20-22-44-39(26-31)37-16-4-6-18-42(37)48-44;1-3-18-38-35(14-1)42(29-23-21-28(22-24-29)37-17-5-6-25-44-37)46-43(45-38)33-13-8-11-31(27-33)30-10-7-12-32(26-30)34-16-9-20-40-41(34)36-15-2-4-19-39(36)47-40;1-2-12-29(13-3-1)38-37-23-22-28-11-6-7-19-36(28)39(37)42-40(41-38)35-18-9-17-33(26-35)31-15-8-16-32(25-31)34-21-20-27-10-4-5-14-30(27)24-34/h1-27H;1-27H;1-26H. The van der Waals surface area contributed by atoms with E-state index in [2.05, 4.69) is 424 Å². The van der Waals surface area contributed by atoms with Crippen LogP contribution in [0.4, 0.5) is 0 Å². The van der Waals surface area contributed by atoms with E-state index in [1.165, 1.54) is 58.6 Å². The summed E-state index contributed by atoms with van der Waals surface area (Å²) < 4.78 is 14.8. The van der Waals surface area contributed by atoms with Gasteiger partial charge in [-0.15, -0.1) is 11.3 Å². The fourth-order valence-corrected chi connectivity index (χ4v) is 20.6. The molecule has 7 aromatic heterocycles. The molecule has 0 saturated carbocycles. The van der Waals surface area contributed by atoms with Gasteiger partial charge in [-0.1, -0.05) is 358 Å². The molecule has 137 heavy (non-hydrogen) atoms. The second-order valence-electron chi connectivity index (χ2n) is 34.7. The first-order valence-electron chi connectivity index (χ1n) is 46.1. The van der Waals surface area contributed by atoms with Gasteiger partial charge in [-0.05, 0) is 210 Å². The van der Waals surface area contributed by atoms with Gasteiger partial charge >= 0.3 is 0 Å². The first-order chi connectivity index (χ1) is 67.8. The molecule has 0 aliphatic carbocycles. The summed E-state index contributed by atoms with van der Waals surface area (Å²) in [7, 11) is 0. The van der Waals surface area contributed by atoms with Crippen molar-refractivity contribution in [3.05, 3.63) is 485 Å². The maximum absolute atomic E-state index is 6.09. The van der Waals surface area contributed by atoms with Gasteiger partial charge in [0.05, 0.1) is 39.5 Å². The zero-order chi connectivity index (χ0) is 90.6. The van der Waals surface area contributed by atoms with Crippen molar-refractivity contribution in [3.8, 4) is 146 Å². The molecule has 0 fully saturated rings. The lowest BCUT2D eigenvalue weighted by Crippen LogP contribution is -1.96. The van der Waals surface area contributed by atoms with Crippen LogP contribution in [0.1, 0.15) is 0 Å². The Hall–Kier alpha value is -18.0. The van der Waals surface area contributed by atoms with E-state index in [1.807, 2.05) is 78.2 Å². The van der Waals surface area contributed by atoms with Crippen molar-refractivity contribution in [3.63, 3.8) is 0 Å². The summed E-state index contributed by atoms with van der Waals surface area (Å²) in [6.07, 6.45) is 1.82. The molecule has 27 rings (SSSR count). The van der Waals surface area contributed by atoms with Crippen molar-refractivity contribution in [2.24, 2.45) is 0 Å². The lowest BCUT2D eigenvalue weighted by Gasteiger charge is -2.12. The lowest BCUT2D eigenvalue weighted by atomic mass is 9.95. The zero-order valence-electron chi connectivity index (χ0n) is 74.1. The molecule has 0 spiro atoms. The first kappa shape index (κ1) is 81.0. The molecule has 0 unspecified atom stereocenters. The highest BCUT2D eigenvalue weighted by Crippen LogP contribution is 2.45. The van der Waals surface area contributed by atoms with E-state index in [1.54, 1.807) is 0 Å². The third kappa shape index (κ3) is 15.6. The first-order valence-corrected chi connectivity index (χ1v) is 46.9. The van der Waals surface area contributed by atoms with Crippen LogP contribution in [0, 0.1) is 0 Å². The molecule has 27 aromatic rings. The normalized spacial score (nSPS) is 11.5. The maximum Gasteiger partial charge on any atom is 0.160 e. The molecule has 0 radical (unpaired) electrons. The van der Waals surface area contributed by atoms with Gasteiger partial charge in [0, 0.05) is 108 Å². The third-order valence-corrected chi connectivity index (χ3v) is 27.4. The van der Waals surface area contributed by atoms with Gasteiger partial charge in [0.1, 0.15) is 22.3 Å². The number of aromatic nitrogens is 6. The summed E-state index contributed by atoms with van der Waals surface area (Å²) in [5.41, 5.74) is 31.6. The predicted octanol–water partition coefficient (Wildman–Crippen LogP) is 35.0. The maximum atomic E-state index is 6.09. The summed E-state index contributed by atoms with van der Waals surface area (Å²) in [6, 6.07) is 169. The number of rotatable bonds is 13. The Morgan fingerprint density at radius 2 is 0.599 bits per heavy atom. The summed E-state index contributed by atoms with van der Waals surface area (Å²) in [6.45, 7) is 0. The highest BCUT2D eigenvalue weighted by Gasteiger charge is 2.21. The third-order valence-electron chi connectivity index (χ3n) is 26.2. The summed E-state index contributed by atoms with van der Waals surface area (Å²) in [4.78, 5) is 30.4. The number of benzene rings is 20. The Kier molecular flexibility index (Phi) is 20.7. The van der Waals surface area contributed by atoms with Crippen molar-refractivity contribution < 1.29 is 8.83 Å². The van der Waals surface area contributed by atoms with Crippen LogP contribution in [0.3, 0.4) is 0 Å². The molecule has 0 aliphatic heterocycles. The molecule has 0 saturated heterocycles. The van der Waals surface area contributed by atoms with E-state index in [4.69, 9.17) is 33.8 Å². The summed E-state index contributed by atoms with van der Waals surface area (Å²) in [5, 5.41) is 16.3. The fourth-order valence-electron chi connectivity index (χ4n) is 19.5. The molecule has 0 N–H and O–H groups in total. The van der Waals surface area contributed by atoms with Gasteiger partial charge in [0.25, 0.3) is 0 Å². The largest absolute Gasteiger partial charge is 0.456 e. The monoisotopic (exact) mass is 1760 g/mol. The van der Waals surface area contributed by atoms with E-state index < -0.39 is 0 Å². The fraction of sp³-hybridized carbons (Fsp3) is 0. The number of nitrogens with zero attached hydrogens (tertiary/aromatic N) is 6. The molecule has 0 aliphatic rings. The molecular weight excluding hydrogens is 1690 g/mol. The zero-order valence-corrected chi connectivity index (χ0v) is 74.9. The molecule has 9 heteroatoms. The van der Waals surface area contributed by atoms with Crippen molar-refractivity contribution in [2.45, 2.75) is 0 Å². The van der Waals surface area contributed by atoms with E-state index in [9.17, 15) is 0 Å². The molecule has 0 amide bonds. The Morgan fingerprint density at radius 1 is 0.182 bits per heavy atom. The SMILES string of the molecule is c1cc(-c2ccc3oc4ccccc4c3c2)cc(-c2cc3ccccc3c(-c3cccc(-c4ccc5oc6ccccc6c5c4)c3)n2)c1.c1ccc(-c2ccc(-c3nc(-c4cccc(-c5cccc(-c6cccc7sc8ccccc8c67)c5)c4)nc4ccccc34)cc2)nc1.c1ccc(-c2nc(-c3cccc(-c4cccc(-c5ccc6ccccc6c5)c4)c3)nc3c2ccc2ccccc23)cc1. The van der Waals surface area contributed by atoms with Crippen molar-refractivity contribution in [1.29, 1.82) is 0 Å². The van der Waals surface area contributed by atoms with Gasteiger partial charge in [-0.2, -0.15) is 0 Å². The molecule has 8 nitrogen and oxygen atoms in total. The minimum atomic E-state index is 0.708. The Labute approximate surface area is 793 Å². The van der Waals surface area contributed by atoms with Gasteiger partial charge in [-0.25, -0.2) is 24.9 Å². The molecule has 0 atom stereocenters. The van der Waals surface area contributed by atoms with E-state index in [0.29, 0.717) is 5.82 Å². The second-order valence-corrected chi connectivity index (χ2v) is 35.8. The number of hydrogen-bond donors (Lipinski definition) is 0. The van der Waals surface area contributed by atoms with E-state index >= 15 is 0 Å². The average molecular weight is 1770 g/mol. The van der Waals surface area contributed by atoms with Crippen LogP contribution in [0.15, 0.2) is 494 Å². The van der Waals surface area contributed by atoms with Crippen molar-refractivity contribution in [1.82, 2.24) is 29.9 Å². The van der Waals surface area contributed by atoms with Gasteiger partial charge in [0.2, 0.25) is 0 Å². The Balaban J connectivity index is 0.000000109. The molecule has 640 valence electrons. The number of fused-ring (bicyclic) bond motifs is 15. The van der Waals surface area contributed by atoms with Crippen LogP contribution in [0.2, 0.25) is 0 Å². The Bertz CT molecular complexity index is 9390.